The lowest BCUT2D eigenvalue weighted by atomic mass is 9.73. The summed E-state index contributed by atoms with van der Waals surface area (Å²) in [7, 11) is 0. The van der Waals surface area contributed by atoms with Gasteiger partial charge in [0.15, 0.2) is 17.3 Å². The second-order valence-corrected chi connectivity index (χ2v) is 14.4. The summed E-state index contributed by atoms with van der Waals surface area (Å²) in [5.74, 6) is -1.08. The first-order chi connectivity index (χ1) is 24.6. The van der Waals surface area contributed by atoms with E-state index in [1.54, 1.807) is 28.5 Å². The second kappa shape index (κ2) is 12.8. The van der Waals surface area contributed by atoms with Gasteiger partial charge < -0.3 is 19.9 Å². The van der Waals surface area contributed by atoms with Crippen LogP contribution >= 0.6 is 15.9 Å². The molecule has 0 bridgehead atoms. The molecule has 0 saturated carbocycles. The monoisotopic (exact) mass is 779 g/mol. The zero-order valence-electron chi connectivity index (χ0n) is 28.5. The highest BCUT2D eigenvalue weighted by atomic mass is 79.9. The molecule has 1 fully saturated rings. The van der Waals surface area contributed by atoms with Crippen molar-refractivity contribution >= 4 is 39.2 Å². The van der Waals surface area contributed by atoms with Crippen LogP contribution in [0.2, 0.25) is 0 Å². The molecule has 52 heavy (non-hydrogen) atoms. The molecule has 5 heterocycles. The number of piperidine rings is 1. The maximum absolute atomic E-state index is 14.5. The average molecular weight is 781 g/mol. The number of alkyl halides is 3. The molecular formula is C35H33BrF3N9O4. The zero-order valence-corrected chi connectivity index (χ0v) is 30.1. The van der Waals surface area contributed by atoms with E-state index in [0.717, 1.165) is 23.5 Å². The van der Waals surface area contributed by atoms with Crippen molar-refractivity contribution in [3.63, 3.8) is 0 Å². The van der Waals surface area contributed by atoms with E-state index in [9.17, 15) is 32.7 Å². The maximum atomic E-state index is 14.5. The molecule has 1 aliphatic heterocycles. The van der Waals surface area contributed by atoms with Gasteiger partial charge in [0.2, 0.25) is 11.7 Å². The minimum atomic E-state index is -4.56. The van der Waals surface area contributed by atoms with Crippen molar-refractivity contribution < 1.29 is 27.9 Å². The zero-order chi connectivity index (χ0) is 37.3. The molecular weight excluding hydrogens is 747 g/mol. The minimum absolute atomic E-state index is 0.0539. The van der Waals surface area contributed by atoms with E-state index in [1.807, 2.05) is 20.8 Å². The van der Waals surface area contributed by atoms with Gasteiger partial charge in [0, 0.05) is 51.2 Å². The minimum Gasteiger partial charge on any atom is -0.504 e. The smallest absolute Gasteiger partial charge is 0.416 e. The van der Waals surface area contributed by atoms with Crippen LogP contribution in [0.4, 0.5) is 18.9 Å². The number of nitrogens with one attached hydrogen (secondary N) is 1. The number of amides is 2. The van der Waals surface area contributed by atoms with Crippen molar-refractivity contribution in [2.24, 2.45) is 0 Å². The lowest BCUT2D eigenvalue weighted by molar-refractivity contribution is -0.137. The Balaban J connectivity index is 1.29. The van der Waals surface area contributed by atoms with Crippen LogP contribution in [0.25, 0.3) is 17.2 Å². The van der Waals surface area contributed by atoms with Gasteiger partial charge in [-0.05, 0) is 92.2 Å². The molecule has 7 rings (SSSR count). The number of benzene rings is 1. The number of carbonyl (C=O) groups is 2. The number of anilines is 1. The summed E-state index contributed by atoms with van der Waals surface area (Å²) in [4.78, 5) is 60.4. The van der Waals surface area contributed by atoms with Crippen molar-refractivity contribution in [2.45, 2.75) is 71.0 Å². The summed E-state index contributed by atoms with van der Waals surface area (Å²) in [6.45, 7) is 7.47. The number of hydrogen-bond donors (Lipinski definition) is 2. The van der Waals surface area contributed by atoms with E-state index in [-0.39, 0.29) is 70.0 Å². The molecule has 1 unspecified atom stereocenters. The number of fused-ring (bicyclic) bond motifs is 3. The van der Waals surface area contributed by atoms with Gasteiger partial charge in [0.25, 0.3) is 11.5 Å². The van der Waals surface area contributed by atoms with E-state index < -0.39 is 29.0 Å². The number of carbonyl (C=O) groups excluding carboxylic acids is 2. The molecule has 5 aromatic rings. The Labute approximate surface area is 303 Å². The highest BCUT2D eigenvalue weighted by Crippen LogP contribution is 2.50. The van der Waals surface area contributed by atoms with Crippen LogP contribution in [0.15, 0.2) is 45.9 Å². The highest BCUT2D eigenvalue weighted by Gasteiger charge is 2.49. The number of aryl methyl sites for hydroxylation is 3. The predicted molar refractivity (Wildman–Crippen MR) is 186 cm³/mol. The van der Waals surface area contributed by atoms with Crippen LogP contribution < -0.4 is 10.9 Å². The molecule has 2 amide bonds. The van der Waals surface area contributed by atoms with E-state index in [2.05, 4.69) is 41.3 Å². The number of aromatic hydroxyl groups is 1. The number of halogens is 4. The Morgan fingerprint density at radius 3 is 2.40 bits per heavy atom. The van der Waals surface area contributed by atoms with Gasteiger partial charge in [0.05, 0.1) is 16.9 Å². The first-order valence-corrected chi connectivity index (χ1v) is 17.3. The van der Waals surface area contributed by atoms with Crippen molar-refractivity contribution in [3.8, 4) is 17.1 Å². The van der Waals surface area contributed by atoms with Crippen molar-refractivity contribution in [1.82, 2.24) is 39.0 Å². The number of hydrogen-bond acceptors (Lipinski definition) is 9. The molecule has 4 aromatic heterocycles. The first kappa shape index (κ1) is 35.2. The van der Waals surface area contributed by atoms with E-state index >= 15 is 0 Å². The maximum Gasteiger partial charge on any atom is 0.416 e. The highest BCUT2D eigenvalue weighted by molar-refractivity contribution is 9.10. The van der Waals surface area contributed by atoms with Crippen molar-refractivity contribution in [3.05, 3.63) is 91.1 Å². The Kier molecular flexibility index (Phi) is 8.66. The van der Waals surface area contributed by atoms with Crippen molar-refractivity contribution in [2.75, 3.05) is 18.4 Å². The molecule has 1 spiro atoms. The molecule has 1 saturated heterocycles. The summed E-state index contributed by atoms with van der Waals surface area (Å²) >= 11 is 3.14. The topological polar surface area (TPSA) is 160 Å². The standard InChI is InChI=1S/C35H33BrF3N9O4/c1-17-14-34(7-9-46(10-8-34)32(52)27-29(50)20(4)40-16-41-27)26-28(17)47(15-25(49)43-24-6-5-22(13-23(24)36)35(37,38)39)33-44-30(45-48(33)31(26)51)21-11-18(2)42-19(3)12-21/h5-6,11-13,16-17,50H,7-10,14-15H2,1-4H3,(H,43,49). The van der Waals surface area contributed by atoms with Crippen LogP contribution in [0.1, 0.15) is 76.5 Å². The van der Waals surface area contributed by atoms with Crippen LogP contribution in [0, 0.1) is 20.8 Å². The summed E-state index contributed by atoms with van der Waals surface area (Å²) < 4.78 is 42.8. The Morgan fingerprint density at radius 1 is 1.06 bits per heavy atom. The Morgan fingerprint density at radius 2 is 1.75 bits per heavy atom. The Bertz CT molecular complexity index is 2330. The van der Waals surface area contributed by atoms with Crippen LogP contribution in [-0.2, 0) is 22.9 Å². The third-order valence-corrected chi connectivity index (χ3v) is 10.6. The SMILES string of the molecule is Cc1cc(-c2nc3n(CC(=O)Nc4ccc(C(F)(F)F)cc4Br)c4c(c(=O)n3n2)C2(CCN(C(=O)c3ncnc(C)c3O)CC2)CC4C)cc(C)n1. The number of nitrogens with zero attached hydrogens (tertiary/aromatic N) is 8. The number of rotatable bonds is 5. The molecule has 17 heteroatoms. The summed E-state index contributed by atoms with van der Waals surface area (Å²) in [5, 5.41) is 17.8. The van der Waals surface area contributed by atoms with Crippen LogP contribution in [-0.4, -0.2) is 69.0 Å². The molecule has 2 aliphatic rings. The van der Waals surface area contributed by atoms with Gasteiger partial charge >= 0.3 is 6.18 Å². The van der Waals surface area contributed by atoms with E-state index in [4.69, 9.17) is 4.98 Å². The molecule has 2 N–H and O–H groups in total. The van der Waals surface area contributed by atoms with Gasteiger partial charge in [-0.25, -0.2) is 9.97 Å². The third-order valence-electron chi connectivity index (χ3n) is 9.91. The average Bonchev–Trinajstić information content (AvgIpc) is 3.65. The molecule has 1 atom stereocenters. The van der Waals surface area contributed by atoms with E-state index in [0.29, 0.717) is 36.1 Å². The largest absolute Gasteiger partial charge is 0.504 e. The van der Waals surface area contributed by atoms with Gasteiger partial charge in [0.1, 0.15) is 12.9 Å². The molecule has 13 nitrogen and oxygen atoms in total. The van der Waals surface area contributed by atoms with Gasteiger partial charge in [-0.15, -0.1) is 5.10 Å². The number of pyridine rings is 1. The second-order valence-electron chi connectivity index (χ2n) is 13.5. The fraction of sp³-hybridized carbons (Fsp3) is 0.371. The molecule has 0 radical (unpaired) electrons. The molecule has 1 aliphatic carbocycles. The molecule has 1 aromatic carbocycles. The number of likely N-dealkylation sites (tertiary alicyclic amines) is 1. The quantitative estimate of drug-likeness (QED) is 0.236. The Hall–Kier alpha value is -5.19. The lowest BCUT2D eigenvalue weighted by Gasteiger charge is -2.39. The lowest BCUT2D eigenvalue weighted by Crippen LogP contribution is -2.46. The predicted octanol–water partition coefficient (Wildman–Crippen LogP) is 5.48. The number of aromatic nitrogens is 7. The fourth-order valence-corrected chi connectivity index (χ4v) is 8.08. The van der Waals surface area contributed by atoms with Gasteiger partial charge in [-0.3, -0.25) is 19.4 Å². The first-order valence-electron chi connectivity index (χ1n) is 16.5. The normalized spacial score (nSPS) is 16.8. The molecule has 270 valence electrons. The van der Waals surface area contributed by atoms with Crippen LogP contribution in [0.3, 0.4) is 0 Å². The summed E-state index contributed by atoms with van der Waals surface area (Å²) in [6, 6.07) is 6.55. The fourth-order valence-electron chi connectivity index (χ4n) is 7.60. The van der Waals surface area contributed by atoms with Crippen LogP contribution in [0.5, 0.6) is 5.75 Å². The third kappa shape index (κ3) is 6.09. The summed E-state index contributed by atoms with van der Waals surface area (Å²) in [6.07, 6.45) is -1.92. The summed E-state index contributed by atoms with van der Waals surface area (Å²) in [5.41, 5.74) is 1.63. The van der Waals surface area contributed by atoms with E-state index in [1.165, 1.54) is 16.9 Å². The van der Waals surface area contributed by atoms with Gasteiger partial charge in [-0.2, -0.15) is 22.7 Å². The van der Waals surface area contributed by atoms with Crippen molar-refractivity contribution in [1.29, 1.82) is 0 Å². The van der Waals surface area contributed by atoms with Gasteiger partial charge in [-0.1, -0.05) is 6.92 Å².